The Hall–Kier alpha value is -3.88. The standard InChI is InChI=1S/C29H33N5O3.ClH/c1-33-14-3-15-34(17-16-33)25-12-10-22(11-13-25)28(35)32-26-19-24(29(36)37)9-8-21(26)7-6-20-4-2-5-23(18-20)27(30)31;/h2,4-5,8-13,18-19H,3,6-7,14-17H2,1H3,(H3,30,31)(H,32,35)(H,36,37);1H. The zero-order valence-corrected chi connectivity index (χ0v) is 22.3. The summed E-state index contributed by atoms with van der Waals surface area (Å²) in [6.07, 6.45) is 2.33. The number of nitrogen functional groups attached to an aromatic ring is 1. The van der Waals surface area contributed by atoms with Gasteiger partial charge in [-0.15, -0.1) is 12.4 Å². The normalized spacial score (nSPS) is 13.8. The Labute approximate surface area is 229 Å². The van der Waals surface area contributed by atoms with Gasteiger partial charge in [-0.3, -0.25) is 10.2 Å². The summed E-state index contributed by atoms with van der Waals surface area (Å²) in [6, 6.07) is 19.8. The number of nitrogens with two attached hydrogens (primary N) is 1. The van der Waals surface area contributed by atoms with Crippen molar-refractivity contribution in [3.05, 3.63) is 94.5 Å². The average Bonchev–Trinajstić information content (AvgIpc) is 3.12. The third-order valence-corrected chi connectivity index (χ3v) is 6.74. The summed E-state index contributed by atoms with van der Waals surface area (Å²) >= 11 is 0. The van der Waals surface area contributed by atoms with Crippen LogP contribution < -0.4 is 16.0 Å². The molecular weight excluding hydrogens is 502 g/mol. The molecule has 0 radical (unpaired) electrons. The fourth-order valence-corrected chi connectivity index (χ4v) is 4.54. The summed E-state index contributed by atoms with van der Waals surface area (Å²) in [5.41, 5.74) is 10.3. The van der Waals surface area contributed by atoms with Crippen LogP contribution >= 0.6 is 12.4 Å². The number of aromatic carboxylic acids is 1. The molecule has 1 saturated heterocycles. The number of halogens is 1. The molecule has 38 heavy (non-hydrogen) atoms. The van der Waals surface area contributed by atoms with Gasteiger partial charge in [0.25, 0.3) is 5.91 Å². The van der Waals surface area contributed by atoms with E-state index in [0.717, 1.165) is 49.4 Å². The Morgan fingerprint density at radius 2 is 1.66 bits per heavy atom. The molecule has 5 N–H and O–H groups in total. The molecule has 1 amide bonds. The van der Waals surface area contributed by atoms with Crippen LogP contribution in [0.15, 0.2) is 66.7 Å². The van der Waals surface area contributed by atoms with E-state index in [1.54, 1.807) is 18.2 Å². The second kappa shape index (κ2) is 13.1. The number of carboxylic acid groups (broad SMARTS) is 1. The number of carboxylic acids is 1. The third-order valence-electron chi connectivity index (χ3n) is 6.74. The minimum absolute atomic E-state index is 0. The van der Waals surface area contributed by atoms with Crippen LogP contribution in [-0.2, 0) is 12.8 Å². The highest BCUT2D eigenvalue weighted by Gasteiger charge is 2.15. The Bertz CT molecular complexity index is 1300. The fourth-order valence-electron chi connectivity index (χ4n) is 4.54. The number of nitrogens with zero attached hydrogens (tertiary/aromatic N) is 2. The van der Waals surface area contributed by atoms with E-state index in [1.165, 1.54) is 6.07 Å². The molecule has 3 aromatic carbocycles. The smallest absolute Gasteiger partial charge is 0.335 e. The predicted molar refractivity (Wildman–Crippen MR) is 154 cm³/mol. The van der Waals surface area contributed by atoms with Crippen LogP contribution in [-0.4, -0.2) is 60.9 Å². The lowest BCUT2D eigenvalue weighted by Crippen LogP contribution is -2.28. The van der Waals surface area contributed by atoms with Gasteiger partial charge in [-0.25, -0.2) is 4.79 Å². The number of carbonyl (C=O) groups excluding carboxylic acids is 1. The van der Waals surface area contributed by atoms with Gasteiger partial charge in [0.05, 0.1) is 5.56 Å². The molecule has 4 rings (SSSR count). The van der Waals surface area contributed by atoms with Crippen LogP contribution in [0.25, 0.3) is 0 Å². The summed E-state index contributed by atoms with van der Waals surface area (Å²) in [5, 5.41) is 20.1. The highest BCUT2D eigenvalue weighted by Crippen LogP contribution is 2.23. The number of rotatable bonds is 8. The van der Waals surface area contributed by atoms with Gasteiger partial charge >= 0.3 is 5.97 Å². The number of anilines is 2. The molecular formula is C29H34ClN5O3. The van der Waals surface area contributed by atoms with Crippen molar-refractivity contribution in [2.24, 2.45) is 5.73 Å². The van der Waals surface area contributed by atoms with Crippen molar-refractivity contribution in [3.63, 3.8) is 0 Å². The van der Waals surface area contributed by atoms with Crippen molar-refractivity contribution in [3.8, 4) is 0 Å². The van der Waals surface area contributed by atoms with Gasteiger partial charge in [-0.1, -0.05) is 24.3 Å². The van der Waals surface area contributed by atoms with Crippen molar-refractivity contribution in [1.82, 2.24) is 4.90 Å². The van der Waals surface area contributed by atoms with E-state index >= 15 is 0 Å². The lowest BCUT2D eigenvalue weighted by molar-refractivity contribution is 0.0696. The van der Waals surface area contributed by atoms with Crippen molar-refractivity contribution < 1.29 is 14.7 Å². The van der Waals surface area contributed by atoms with Crippen molar-refractivity contribution in [1.29, 1.82) is 5.41 Å². The van der Waals surface area contributed by atoms with Crippen molar-refractivity contribution in [2.45, 2.75) is 19.3 Å². The molecule has 3 aromatic rings. The number of carbonyl (C=O) groups is 2. The molecule has 0 aliphatic carbocycles. The maximum atomic E-state index is 13.1. The molecule has 9 heteroatoms. The second-order valence-corrected chi connectivity index (χ2v) is 9.44. The van der Waals surface area contributed by atoms with Crippen LogP contribution in [0.3, 0.4) is 0 Å². The van der Waals surface area contributed by atoms with Gasteiger partial charge in [0.1, 0.15) is 5.84 Å². The lowest BCUT2D eigenvalue weighted by atomic mass is 9.99. The van der Waals surface area contributed by atoms with Crippen LogP contribution in [0.2, 0.25) is 0 Å². The molecule has 1 heterocycles. The minimum Gasteiger partial charge on any atom is -0.478 e. The Morgan fingerprint density at radius 3 is 2.37 bits per heavy atom. The van der Waals surface area contributed by atoms with Crippen LogP contribution in [0.1, 0.15) is 43.8 Å². The van der Waals surface area contributed by atoms with E-state index < -0.39 is 5.97 Å². The monoisotopic (exact) mass is 535 g/mol. The maximum absolute atomic E-state index is 13.1. The third kappa shape index (κ3) is 7.34. The molecule has 0 atom stereocenters. The highest BCUT2D eigenvalue weighted by molar-refractivity contribution is 6.05. The Morgan fingerprint density at radius 1 is 0.921 bits per heavy atom. The summed E-state index contributed by atoms with van der Waals surface area (Å²) in [6.45, 7) is 4.01. The molecule has 8 nitrogen and oxygen atoms in total. The lowest BCUT2D eigenvalue weighted by Gasteiger charge is -2.23. The van der Waals surface area contributed by atoms with Gasteiger partial charge < -0.3 is 26.0 Å². The average molecular weight is 536 g/mol. The number of likely N-dealkylation sites (N-methyl/N-ethyl adjacent to an activating group) is 1. The first-order chi connectivity index (χ1) is 17.8. The van der Waals surface area contributed by atoms with E-state index in [0.29, 0.717) is 29.7 Å². The number of amides is 1. The minimum atomic E-state index is -1.05. The SMILES string of the molecule is CN1CCCN(c2ccc(C(=O)Nc3cc(C(=O)O)ccc3CCc3cccc(C(=N)N)c3)cc2)CC1.Cl. The predicted octanol–water partition coefficient (Wildman–Crippen LogP) is 4.27. The fraction of sp³-hybridized carbons (Fsp3) is 0.276. The van der Waals surface area contributed by atoms with E-state index in [1.807, 2.05) is 42.5 Å². The zero-order valence-electron chi connectivity index (χ0n) is 21.4. The molecule has 0 saturated carbocycles. The summed E-state index contributed by atoms with van der Waals surface area (Å²) in [4.78, 5) is 29.3. The molecule has 1 aliphatic rings. The molecule has 1 aliphatic heterocycles. The van der Waals surface area contributed by atoms with Gasteiger partial charge in [-0.2, -0.15) is 0 Å². The summed E-state index contributed by atoms with van der Waals surface area (Å²) in [5.74, 6) is -1.33. The molecule has 0 spiro atoms. The first-order valence-corrected chi connectivity index (χ1v) is 12.4. The van der Waals surface area contributed by atoms with Crippen LogP contribution in [0, 0.1) is 5.41 Å². The summed E-state index contributed by atoms with van der Waals surface area (Å²) in [7, 11) is 2.13. The van der Waals surface area contributed by atoms with Crippen LogP contribution in [0.4, 0.5) is 11.4 Å². The molecule has 0 aromatic heterocycles. The van der Waals surface area contributed by atoms with Gasteiger partial charge in [-0.05, 0) is 86.4 Å². The topological polar surface area (TPSA) is 123 Å². The number of nitrogens with one attached hydrogen (secondary N) is 2. The Balaban J connectivity index is 0.00000400. The van der Waals surface area contributed by atoms with E-state index in [2.05, 4.69) is 22.2 Å². The molecule has 0 unspecified atom stereocenters. The number of hydrogen-bond donors (Lipinski definition) is 4. The molecule has 1 fully saturated rings. The quantitative estimate of drug-likeness (QED) is 0.252. The highest BCUT2D eigenvalue weighted by atomic mass is 35.5. The molecule has 0 bridgehead atoms. The van der Waals surface area contributed by atoms with E-state index in [-0.39, 0.29) is 29.7 Å². The Kier molecular flexibility index (Phi) is 9.87. The largest absolute Gasteiger partial charge is 0.478 e. The van der Waals surface area contributed by atoms with Gasteiger partial charge in [0.15, 0.2) is 0 Å². The molecule has 200 valence electrons. The van der Waals surface area contributed by atoms with E-state index in [4.69, 9.17) is 11.1 Å². The number of amidine groups is 1. The van der Waals surface area contributed by atoms with Crippen molar-refractivity contribution in [2.75, 3.05) is 43.4 Å². The first-order valence-electron chi connectivity index (χ1n) is 12.4. The number of aryl methyl sites for hydroxylation is 2. The second-order valence-electron chi connectivity index (χ2n) is 9.44. The zero-order chi connectivity index (χ0) is 26.4. The van der Waals surface area contributed by atoms with Crippen LogP contribution in [0.5, 0.6) is 0 Å². The number of benzene rings is 3. The first kappa shape index (κ1) is 28.7. The van der Waals surface area contributed by atoms with E-state index in [9.17, 15) is 14.7 Å². The summed E-state index contributed by atoms with van der Waals surface area (Å²) < 4.78 is 0. The van der Waals surface area contributed by atoms with Gasteiger partial charge in [0.2, 0.25) is 0 Å². The van der Waals surface area contributed by atoms with Crippen molar-refractivity contribution >= 4 is 41.5 Å². The van der Waals surface area contributed by atoms with Gasteiger partial charge in [0, 0.05) is 42.1 Å². The maximum Gasteiger partial charge on any atom is 0.335 e. The number of hydrogen-bond acceptors (Lipinski definition) is 5.